The van der Waals surface area contributed by atoms with Crippen LogP contribution >= 0.6 is 12.4 Å². The van der Waals surface area contributed by atoms with E-state index in [4.69, 9.17) is 0 Å². The zero-order chi connectivity index (χ0) is 11.8. The van der Waals surface area contributed by atoms with Crippen LogP contribution in [-0.4, -0.2) is 18.2 Å². The summed E-state index contributed by atoms with van der Waals surface area (Å²) in [5.74, 6) is 0. The third-order valence-corrected chi connectivity index (χ3v) is 2.88. The van der Waals surface area contributed by atoms with Gasteiger partial charge in [0.05, 0.1) is 5.56 Å². The van der Waals surface area contributed by atoms with Crippen molar-refractivity contribution < 1.29 is 18.3 Å². The quantitative estimate of drug-likeness (QED) is 0.818. The minimum Gasteiger partial charge on any atom is -0.384 e. The third-order valence-electron chi connectivity index (χ3n) is 2.88. The van der Waals surface area contributed by atoms with E-state index < -0.39 is 17.3 Å². The van der Waals surface area contributed by atoms with Crippen LogP contribution in [0.3, 0.4) is 0 Å². The molecule has 96 valence electrons. The van der Waals surface area contributed by atoms with Gasteiger partial charge in [0.25, 0.3) is 0 Å². The highest BCUT2D eigenvalue weighted by atomic mass is 35.5. The summed E-state index contributed by atoms with van der Waals surface area (Å²) in [6.07, 6.45) is -3.80. The molecule has 0 aliphatic carbocycles. The topological polar surface area (TPSA) is 32.3 Å². The van der Waals surface area contributed by atoms with Crippen molar-refractivity contribution in [3.05, 3.63) is 35.4 Å². The van der Waals surface area contributed by atoms with E-state index in [2.05, 4.69) is 5.32 Å². The molecule has 0 spiro atoms. The summed E-state index contributed by atoms with van der Waals surface area (Å²) in [6, 6.07) is 4.70. The van der Waals surface area contributed by atoms with Crippen molar-refractivity contribution in [3.63, 3.8) is 0 Å². The van der Waals surface area contributed by atoms with Crippen molar-refractivity contribution >= 4 is 12.4 Å². The molecule has 1 aromatic carbocycles. The molecule has 2 N–H and O–H groups in total. The first kappa shape index (κ1) is 14.3. The maximum absolute atomic E-state index is 12.3. The zero-order valence-electron chi connectivity index (χ0n) is 8.92. The summed E-state index contributed by atoms with van der Waals surface area (Å²) in [5.41, 5.74) is -1.18. The van der Waals surface area contributed by atoms with Crippen LogP contribution in [0.5, 0.6) is 0 Å². The van der Waals surface area contributed by atoms with E-state index in [1.165, 1.54) is 12.1 Å². The average Bonchev–Trinajstić information content (AvgIpc) is 2.66. The second-order valence-corrected chi connectivity index (χ2v) is 4.03. The Labute approximate surface area is 103 Å². The second kappa shape index (κ2) is 4.84. The summed E-state index contributed by atoms with van der Waals surface area (Å²) < 4.78 is 37.0. The molecule has 0 aromatic heterocycles. The summed E-state index contributed by atoms with van der Waals surface area (Å²) in [5, 5.41) is 13.1. The van der Waals surface area contributed by atoms with Crippen LogP contribution in [-0.2, 0) is 11.8 Å². The molecule has 1 fully saturated rings. The van der Waals surface area contributed by atoms with E-state index >= 15 is 0 Å². The van der Waals surface area contributed by atoms with Gasteiger partial charge < -0.3 is 10.4 Å². The molecule has 17 heavy (non-hydrogen) atoms. The Morgan fingerprint density at radius 1 is 1.18 bits per heavy atom. The SMILES string of the molecule is Cl.OC1(c2ccc(C(F)(F)F)cc2)CCNC1. The number of benzene rings is 1. The highest BCUT2D eigenvalue weighted by molar-refractivity contribution is 5.85. The lowest BCUT2D eigenvalue weighted by Gasteiger charge is -2.22. The Hall–Kier alpha value is -0.780. The van der Waals surface area contributed by atoms with Crippen LogP contribution in [0.2, 0.25) is 0 Å². The average molecular weight is 268 g/mol. The van der Waals surface area contributed by atoms with Gasteiger partial charge in [0, 0.05) is 6.54 Å². The Morgan fingerprint density at radius 2 is 1.76 bits per heavy atom. The fourth-order valence-electron chi connectivity index (χ4n) is 1.89. The van der Waals surface area contributed by atoms with Crippen molar-refractivity contribution in [2.75, 3.05) is 13.1 Å². The van der Waals surface area contributed by atoms with Gasteiger partial charge in [-0.3, -0.25) is 0 Å². The molecule has 1 aromatic rings. The van der Waals surface area contributed by atoms with Gasteiger partial charge >= 0.3 is 6.18 Å². The normalized spacial score (nSPS) is 24.5. The minimum absolute atomic E-state index is 0. The number of halogens is 4. The molecular weight excluding hydrogens is 255 g/mol. The summed E-state index contributed by atoms with van der Waals surface area (Å²) in [4.78, 5) is 0. The maximum atomic E-state index is 12.3. The molecule has 0 saturated carbocycles. The molecule has 0 amide bonds. The standard InChI is InChI=1S/C11H12F3NO.ClH/c12-11(13,14)9-3-1-8(2-4-9)10(16)5-6-15-7-10;/h1-4,15-16H,5-7H2;1H. The van der Waals surface area contributed by atoms with Gasteiger partial charge in [0.2, 0.25) is 0 Å². The van der Waals surface area contributed by atoms with E-state index in [1.54, 1.807) is 0 Å². The number of alkyl halides is 3. The van der Waals surface area contributed by atoms with Crippen molar-refractivity contribution in [3.8, 4) is 0 Å². The highest BCUT2D eigenvalue weighted by Crippen LogP contribution is 2.32. The Kier molecular flexibility index (Phi) is 4.06. The van der Waals surface area contributed by atoms with E-state index in [0.29, 0.717) is 25.1 Å². The van der Waals surface area contributed by atoms with Gasteiger partial charge in [-0.25, -0.2) is 0 Å². The first-order valence-corrected chi connectivity index (χ1v) is 5.03. The van der Waals surface area contributed by atoms with E-state index in [-0.39, 0.29) is 12.4 Å². The number of hydrogen-bond acceptors (Lipinski definition) is 2. The first-order valence-electron chi connectivity index (χ1n) is 5.03. The van der Waals surface area contributed by atoms with Crippen LogP contribution in [0.25, 0.3) is 0 Å². The summed E-state index contributed by atoms with van der Waals surface area (Å²) >= 11 is 0. The second-order valence-electron chi connectivity index (χ2n) is 4.03. The highest BCUT2D eigenvalue weighted by Gasteiger charge is 2.34. The Morgan fingerprint density at radius 3 is 2.18 bits per heavy atom. The van der Waals surface area contributed by atoms with Crippen LogP contribution in [0.15, 0.2) is 24.3 Å². The van der Waals surface area contributed by atoms with Gasteiger partial charge in [-0.1, -0.05) is 12.1 Å². The molecule has 0 radical (unpaired) electrons. The summed E-state index contributed by atoms with van der Waals surface area (Å²) in [7, 11) is 0. The van der Waals surface area contributed by atoms with Crippen molar-refractivity contribution in [1.82, 2.24) is 5.32 Å². The Bertz CT molecular complexity index is 371. The molecule has 1 saturated heterocycles. The lowest BCUT2D eigenvalue weighted by atomic mass is 9.92. The number of nitrogens with one attached hydrogen (secondary N) is 1. The third kappa shape index (κ3) is 2.91. The lowest BCUT2D eigenvalue weighted by molar-refractivity contribution is -0.137. The van der Waals surface area contributed by atoms with Gasteiger partial charge in [-0.15, -0.1) is 12.4 Å². The number of hydrogen-bond donors (Lipinski definition) is 2. The largest absolute Gasteiger partial charge is 0.416 e. The molecule has 1 aliphatic heterocycles. The molecular formula is C11H13ClF3NO. The molecule has 1 unspecified atom stereocenters. The van der Waals surface area contributed by atoms with Crippen LogP contribution in [0.4, 0.5) is 13.2 Å². The first-order chi connectivity index (χ1) is 7.42. The lowest BCUT2D eigenvalue weighted by Crippen LogP contribution is -2.28. The predicted octanol–water partition coefficient (Wildman–Crippen LogP) is 2.31. The van der Waals surface area contributed by atoms with Gasteiger partial charge in [0.1, 0.15) is 5.60 Å². The molecule has 1 heterocycles. The number of aliphatic hydroxyl groups is 1. The predicted molar refractivity (Wildman–Crippen MR) is 60.1 cm³/mol. The van der Waals surface area contributed by atoms with E-state index in [1.807, 2.05) is 0 Å². The van der Waals surface area contributed by atoms with Crippen LogP contribution < -0.4 is 5.32 Å². The smallest absolute Gasteiger partial charge is 0.384 e. The molecule has 1 atom stereocenters. The Balaban J connectivity index is 0.00000144. The molecule has 0 bridgehead atoms. The van der Waals surface area contributed by atoms with Crippen LogP contribution in [0, 0.1) is 0 Å². The molecule has 6 heteroatoms. The van der Waals surface area contributed by atoms with Crippen LogP contribution in [0.1, 0.15) is 17.5 Å². The monoisotopic (exact) mass is 267 g/mol. The zero-order valence-corrected chi connectivity index (χ0v) is 9.74. The molecule has 1 aliphatic rings. The van der Waals surface area contributed by atoms with E-state index in [0.717, 1.165) is 12.1 Å². The number of rotatable bonds is 1. The number of β-amino-alcohol motifs (C(OH)–C–C–N with tert-alkyl or cyclic N) is 1. The van der Waals surface area contributed by atoms with Gasteiger partial charge in [0.15, 0.2) is 0 Å². The van der Waals surface area contributed by atoms with Gasteiger partial charge in [-0.05, 0) is 30.7 Å². The fourth-order valence-corrected chi connectivity index (χ4v) is 1.89. The molecule has 2 rings (SSSR count). The van der Waals surface area contributed by atoms with Crippen molar-refractivity contribution in [1.29, 1.82) is 0 Å². The minimum atomic E-state index is -4.32. The van der Waals surface area contributed by atoms with E-state index in [9.17, 15) is 18.3 Å². The van der Waals surface area contributed by atoms with Gasteiger partial charge in [-0.2, -0.15) is 13.2 Å². The molecule has 2 nitrogen and oxygen atoms in total. The summed E-state index contributed by atoms with van der Waals surface area (Å²) in [6.45, 7) is 1.07. The van der Waals surface area contributed by atoms with Crippen molar-refractivity contribution in [2.24, 2.45) is 0 Å². The van der Waals surface area contributed by atoms with Crippen molar-refractivity contribution in [2.45, 2.75) is 18.2 Å². The maximum Gasteiger partial charge on any atom is 0.416 e. The fraction of sp³-hybridized carbons (Fsp3) is 0.455.